The van der Waals surface area contributed by atoms with Gasteiger partial charge in [0.25, 0.3) is 11.8 Å². The minimum absolute atomic E-state index is 0.0673. The van der Waals surface area contributed by atoms with E-state index in [0.29, 0.717) is 21.9 Å². The molecule has 0 aliphatic carbocycles. The number of benzene rings is 2. The highest BCUT2D eigenvalue weighted by molar-refractivity contribution is 9.10. The molecule has 0 heterocycles. The Morgan fingerprint density at radius 3 is 2.68 bits per heavy atom. The van der Waals surface area contributed by atoms with Crippen LogP contribution >= 0.6 is 27.5 Å². The van der Waals surface area contributed by atoms with Gasteiger partial charge in [-0.25, -0.2) is 0 Å². The van der Waals surface area contributed by atoms with Gasteiger partial charge in [-0.2, -0.15) is 0 Å². The highest BCUT2D eigenvalue weighted by Gasteiger charge is 2.09. The second-order valence-corrected chi connectivity index (χ2v) is 6.13. The molecule has 0 bridgehead atoms. The van der Waals surface area contributed by atoms with Crippen molar-refractivity contribution in [3.63, 3.8) is 0 Å². The molecule has 0 aliphatic rings. The molecule has 3 N–H and O–H groups in total. The Morgan fingerprint density at radius 2 is 1.92 bits per heavy atom. The van der Waals surface area contributed by atoms with Crippen molar-refractivity contribution in [1.29, 1.82) is 0 Å². The molecular formula is C18H14BrClN2O3. The molecule has 0 aromatic heterocycles. The Morgan fingerprint density at radius 1 is 1.16 bits per heavy atom. The molecule has 2 rings (SSSR count). The van der Waals surface area contributed by atoms with E-state index in [1.165, 1.54) is 0 Å². The Balaban J connectivity index is 1.85. The average Bonchev–Trinajstić information content (AvgIpc) is 2.60. The summed E-state index contributed by atoms with van der Waals surface area (Å²) in [7, 11) is 0. The molecule has 0 unspecified atom stereocenters. The van der Waals surface area contributed by atoms with Crippen molar-refractivity contribution < 1.29 is 14.3 Å². The van der Waals surface area contributed by atoms with Crippen LogP contribution in [0.3, 0.4) is 0 Å². The van der Waals surface area contributed by atoms with Gasteiger partial charge < -0.3 is 15.8 Å². The summed E-state index contributed by atoms with van der Waals surface area (Å²) >= 11 is 9.28. The second-order valence-electron chi connectivity index (χ2n) is 4.81. The fourth-order valence-corrected chi connectivity index (χ4v) is 2.48. The van der Waals surface area contributed by atoms with E-state index in [0.717, 1.165) is 4.47 Å². The van der Waals surface area contributed by atoms with E-state index in [-0.39, 0.29) is 19.1 Å². The number of ether oxygens (including phenoxy) is 1. The number of hydrogen-bond acceptors (Lipinski definition) is 3. The molecule has 0 radical (unpaired) electrons. The highest BCUT2D eigenvalue weighted by atomic mass is 79.9. The third-order valence-corrected chi connectivity index (χ3v) is 3.91. The van der Waals surface area contributed by atoms with Gasteiger partial charge in [0.05, 0.1) is 22.7 Å². The maximum atomic E-state index is 12.0. The molecule has 0 spiro atoms. The van der Waals surface area contributed by atoms with E-state index in [2.05, 4.69) is 33.1 Å². The molecule has 0 saturated heterocycles. The molecule has 0 saturated carbocycles. The van der Waals surface area contributed by atoms with E-state index in [1.807, 2.05) is 0 Å². The van der Waals surface area contributed by atoms with Crippen LogP contribution in [-0.4, -0.2) is 25.0 Å². The van der Waals surface area contributed by atoms with Gasteiger partial charge in [0, 0.05) is 4.47 Å². The summed E-state index contributed by atoms with van der Waals surface area (Å²) < 4.78 is 6.17. The van der Waals surface area contributed by atoms with Gasteiger partial charge in [-0.3, -0.25) is 9.59 Å². The predicted octanol–water partition coefficient (Wildman–Crippen LogP) is 3.01. The largest absolute Gasteiger partial charge is 0.480 e. The van der Waals surface area contributed by atoms with Crippen LogP contribution in [0.25, 0.3) is 0 Å². The van der Waals surface area contributed by atoms with E-state index < -0.39 is 5.91 Å². The molecule has 5 nitrogen and oxygen atoms in total. The predicted molar refractivity (Wildman–Crippen MR) is 99.7 cm³/mol. The molecule has 0 aliphatic heterocycles. The lowest BCUT2D eigenvalue weighted by Crippen LogP contribution is -2.24. The van der Waals surface area contributed by atoms with Crippen LogP contribution in [0.1, 0.15) is 20.7 Å². The van der Waals surface area contributed by atoms with E-state index >= 15 is 0 Å². The van der Waals surface area contributed by atoms with Crippen molar-refractivity contribution in [3.05, 3.63) is 63.1 Å². The van der Waals surface area contributed by atoms with Crippen molar-refractivity contribution >= 4 is 39.3 Å². The molecule has 0 atom stereocenters. The molecular weight excluding hydrogens is 408 g/mol. The average molecular weight is 422 g/mol. The van der Waals surface area contributed by atoms with Crippen LogP contribution < -0.4 is 15.8 Å². The second kappa shape index (κ2) is 9.11. The maximum absolute atomic E-state index is 12.0. The number of halogens is 2. The van der Waals surface area contributed by atoms with Gasteiger partial charge in [0.1, 0.15) is 12.4 Å². The monoisotopic (exact) mass is 420 g/mol. The van der Waals surface area contributed by atoms with Gasteiger partial charge in [0.15, 0.2) is 0 Å². The van der Waals surface area contributed by atoms with Crippen molar-refractivity contribution in [2.24, 2.45) is 5.73 Å². The molecule has 25 heavy (non-hydrogen) atoms. The first-order valence-electron chi connectivity index (χ1n) is 7.19. The first-order chi connectivity index (χ1) is 12.0. The molecule has 2 aromatic rings. The van der Waals surface area contributed by atoms with Gasteiger partial charge in [0.2, 0.25) is 0 Å². The summed E-state index contributed by atoms with van der Waals surface area (Å²) in [6.45, 7) is 0.209. The normalized spacial score (nSPS) is 9.68. The fraction of sp³-hybridized carbons (Fsp3) is 0.111. The summed E-state index contributed by atoms with van der Waals surface area (Å²) in [6, 6.07) is 11.7. The lowest BCUT2D eigenvalue weighted by Gasteiger charge is -2.06. The fourth-order valence-electron chi connectivity index (χ4n) is 1.91. The molecule has 0 fully saturated rings. The first-order valence-corrected chi connectivity index (χ1v) is 8.36. The van der Waals surface area contributed by atoms with Crippen LogP contribution in [-0.2, 0) is 0 Å². The third kappa shape index (κ3) is 5.52. The van der Waals surface area contributed by atoms with Crippen molar-refractivity contribution in [2.45, 2.75) is 0 Å². The number of rotatable bonds is 5. The van der Waals surface area contributed by atoms with Crippen LogP contribution in [0.15, 0.2) is 46.9 Å². The Kier molecular flexibility index (Phi) is 6.87. The maximum Gasteiger partial charge on any atom is 0.253 e. The summed E-state index contributed by atoms with van der Waals surface area (Å²) in [5.74, 6) is 5.00. The van der Waals surface area contributed by atoms with E-state index in [1.54, 1.807) is 42.5 Å². The highest BCUT2D eigenvalue weighted by Crippen LogP contribution is 2.20. The number of nitrogens with one attached hydrogen (secondary N) is 1. The van der Waals surface area contributed by atoms with Gasteiger partial charge >= 0.3 is 0 Å². The zero-order valence-electron chi connectivity index (χ0n) is 13.0. The minimum Gasteiger partial charge on any atom is -0.480 e. The Bertz CT molecular complexity index is 859. The first kappa shape index (κ1) is 18.8. The quantitative estimate of drug-likeness (QED) is 0.728. The number of carbonyl (C=O) groups excluding carboxylic acids is 2. The SMILES string of the molecule is NC(=O)c1ccccc1OCC#CCNC(=O)c1cc(Br)ccc1Cl. The minimum atomic E-state index is -0.568. The van der Waals surface area contributed by atoms with Crippen LogP contribution in [0, 0.1) is 11.8 Å². The summed E-state index contributed by atoms with van der Waals surface area (Å²) in [6.07, 6.45) is 0. The number of nitrogens with two attached hydrogens (primary N) is 1. The Labute approximate surface area is 158 Å². The van der Waals surface area contributed by atoms with E-state index in [4.69, 9.17) is 22.1 Å². The summed E-state index contributed by atoms with van der Waals surface area (Å²) in [5.41, 5.74) is 5.92. The van der Waals surface area contributed by atoms with Crippen molar-refractivity contribution in [1.82, 2.24) is 5.32 Å². The lowest BCUT2D eigenvalue weighted by molar-refractivity contribution is 0.0957. The number of amides is 2. The zero-order chi connectivity index (χ0) is 18.2. The molecule has 7 heteroatoms. The number of para-hydroxylation sites is 1. The third-order valence-electron chi connectivity index (χ3n) is 3.09. The number of primary amides is 1. The van der Waals surface area contributed by atoms with Gasteiger partial charge in [-0.1, -0.05) is 51.5 Å². The van der Waals surface area contributed by atoms with Gasteiger partial charge in [-0.15, -0.1) is 0 Å². The standard InChI is InChI=1S/C18H14BrClN2O3/c19-12-7-8-15(20)14(11-12)18(24)22-9-3-4-10-25-16-6-2-1-5-13(16)17(21)23/h1-2,5-8,11H,9-10H2,(H2,21,23)(H,22,24). The molecule has 2 aromatic carbocycles. The van der Waals surface area contributed by atoms with Crippen molar-refractivity contribution in [2.75, 3.05) is 13.2 Å². The van der Waals surface area contributed by atoms with Crippen LogP contribution in [0.4, 0.5) is 0 Å². The van der Waals surface area contributed by atoms with Gasteiger partial charge in [-0.05, 0) is 30.3 Å². The molecule has 2 amide bonds. The lowest BCUT2D eigenvalue weighted by atomic mass is 10.2. The summed E-state index contributed by atoms with van der Waals surface area (Å²) in [4.78, 5) is 23.3. The number of hydrogen-bond donors (Lipinski definition) is 2. The zero-order valence-corrected chi connectivity index (χ0v) is 15.4. The molecule has 128 valence electrons. The van der Waals surface area contributed by atoms with Crippen LogP contribution in [0.5, 0.6) is 5.75 Å². The summed E-state index contributed by atoms with van der Waals surface area (Å²) in [5, 5.41) is 3.01. The Hall–Kier alpha value is -2.49. The van der Waals surface area contributed by atoms with Crippen LogP contribution in [0.2, 0.25) is 5.02 Å². The topological polar surface area (TPSA) is 81.4 Å². The smallest absolute Gasteiger partial charge is 0.253 e. The number of carbonyl (C=O) groups is 2. The van der Waals surface area contributed by atoms with Crippen molar-refractivity contribution in [3.8, 4) is 17.6 Å². The van der Waals surface area contributed by atoms with E-state index in [9.17, 15) is 9.59 Å².